The fourth-order valence-corrected chi connectivity index (χ4v) is 2.25. The zero-order valence-electron chi connectivity index (χ0n) is 13.1. The molecular weight excluding hydrogens is 278 g/mol. The highest BCUT2D eigenvalue weighted by Crippen LogP contribution is 2.26. The molecule has 0 saturated carbocycles. The Labute approximate surface area is 130 Å². The normalized spacial score (nSPS) is 12.5. The number of hydrogen-bond acceptors (Lipinski definition) is 4. The number of aliphatic hydroxyl groups excluding tert-OH is 1. The summed E-state index contributed by atoms with van der Waals surface area (Å²) in [7, 11) is 0. The molecule has 3 N–H and O–H groups in total. The average molecular weight is 299 g/mol. The van der Waals surface area contributed by atoms with Crippen LogP contribution in [0.5, 0.6) is 0 Å². The van der Waals surface area contributed by atoms with E-state index in [9.17, 15) is 4.79 Å². The number of pyridine rings is 1. The number of H-pyrrole nitrogens is 1. The second-order valence-corrected chi connectivity index (χ2v) is 5.24. The monoisotopic (exact) mass is 299 g/mol. The van der Waals surface area contributed by atoms with Crippen LogP contribution in [-0.4, -0.2) is 26.9 Å². The van der Waals surface area contributed by atoms with Crippen molar-refractivity contribution in [2.75, 3.05) is 5.32 Å². The van der Waals surface area contributed by atoms with E-state index in [1.165, 1.54) is 6.92 Å². The van der Waals surface area contributed by atoms with Crippen LogP contribution in [0.25, 0.3) is 11.1 Å². The van der Waals surface area contributed by atoms with E-state index in [1.54, 1.807) is 12.3 Å². The summed E-state index contributed by atoms with van der Waals surface area (Å²) in [4.78, 5) is 18.8. The van der Waals surface area contributed by atoms with Crippen molar-refractivity contribution in [2.45, 2.75) is 33.2 Å². The number of carbonyl (C=O) groups excluding carboxylic acids is 1. The van der Waals surface area contributed by atoms with E-state index in [2.05, 4.69) is 15.3 Å². The Balaban J connectivity index is 2.31. The molecule has 2 rings (SSSR count). The van der Waals surface area contributed by atoms with Gasteiger partial charge >= 0.3 is 0 Å². The van der Waals surface area contributed by atoms with Crippen LogP contribution in [-0.2, 0) is 0 Å². The van der Waals surface area contributed by atoms with E-state index in [0.717, 1.165) is 35.2 Å². The van der Waals surface area contributed by atoms with Crippen molar-refractivity contribution in [1.82, 2.24) is 9.97 Å². The minimum absolute atomic E-state index is 0.00966. The lowest BCUT2D eigenvalue weighted by Gasteiger charge is -2.14. The second-order valence-electron chi connectivity index (χ2n) is 5.24. The summed E-state index contributed by atoms with van der Waals surface area (Å²) in [6.45, 7) is 5.55. The fourth-order valence-electron chi connectivity index (χ4n) is 2.25. The predicted molar refractivity (Wildman–Crippen MR) is 88.2 cm³/mol. The highest BCUT2D eigenvalue weighted by Gasteiger charge is 2.10. The molecular formula is C17H21N3O2. The minimum atomic E-state index is 0.00966. The lowest BCUT2D eigenvalue weighted by atomic mass is 10.0. The first-order valence-corrected chi connectivity index (χ1v) is 7.29. The third-order valence-electron chi connectivity index (χ3n) is 3.57. The maximum absolute atomic E-state index is 11.4. The summed E-state index contributed by atoms with van der Waals surface area (Å²) >= 11 is 0. The molecule has 0 saturated heterocycles. The molecule has 1 atom stereocenters. The molecule has 2 aromatic heterocycles. The largest absolute Gasteiger partial charge is 0.516 e. The SMILES string of the molecule is CC[C@@H](/C=C\O)Nc1cc(-c2c[nH]c(C(C)=O)c2)c(C)cn1. The number of carbonyl (C=O) groups is 1. The summed E-state index contributed by atoms with van der Waals surface area (Å²) in [5, 5.41) is 12.2. The van der Waals surface area contributed by atoms with Gasteiger partial charge in [0, 0.05) is 30.9 Å². The molecule has 22 heavy (non-hydrogen) atoms. The number of aromatic nitrogens is 2. The zero-order chi connectivity index (χ0) is 16.1. The highest BCUT2D eigenvalue weighted by atomic mass is 16.2. The fraction of sp³-hybridized carbons (Fsp3) is 0.294. The molecule has 5 nitrogen and oxygen atoms in total. The van der Waals surface area contributed by atoms with Gasteiger partial charge in [-0.25, -0.2) is 4.98 Å². The van der Waals surface area contributed by atoms with E-state index < -0.39 is 0 Å². The molecule has 0 bridgehead atoms. The van der Waals surface area contributed by atoms with Crippen molar-refractivity contribution >= 4 is 11.6 Å². The topological polar surface area (TPSA) is 78.0 Å². The van der Waals surface area contributed by atoms with Crippen LogP contribution in [0, 0.1) is 6.92 Å². The van der Waals surface area contributed by atoms with Gasteiger partial charge in [0.25, 0.3) is 0 Å². The number of aromatic amines is 1. The lowest BCUT2D eigenvalue weighted by molar-refractivity contribution is 0.101. The van der Waals surface area contributed by atoms with Crippen LogP contribution >= 0.6 is 0 Å². The number of nitrogens with one attached hydrogen (secondary N) is 2. The van der Waals surface area contributed by atoms with Crippen LogP contribution in [0.4, 0.5) is 5.82 Å². The lowest BCUT2D eigenvalue weighted by Crippen LogP contribution is -2.16. The number of anilines is 1. The molecule has 0 radical (unpaired) electrons. The van der Waals surface area contributed by atoms with Gasteiger partial charge in [0.15, 0.2) is 5.78 Å². The number of nitrogens with zero attached hydrogens (tertiary/aromatic N) is 1. The van der Waals surface area contributed by atoms with E-state index in [-0.39, 0.29) is 11.8 Å². The molecule has 116 valence electrons. The van der Waals surface area contributed by atoms with Crippen LogP contribution < -0.4 is 5.32 Å². The molecule has 0 aliphatic rings. The minimum Gasteiger partial charge on any atom is -0.516 e. The van der Waals surface area contributed by atoms with Crippen molar-refractivity contribution in [3.63, 3.8) is 0 Å². The Morgan fingerprint density at radius 3 is 2.86 bits per heavy atom. The summed E-state index contributed by atoms with van der Waals surface area (Å²) in [6, 6.07) is 3.82. The van der Waals surface area contributed by atoms with Crippen molar-refractivity contribution in [2.24, 2.45) is 0 Å². The van der Waals surface area contributed by atoms with Gasteiger partial charge < -0.3 is 15.4 Å². The number of hydrogen-bond donors (Lipinski definition) is 3. The van der Waals surface area contributed by atoms with Crippen LogP contribution in [0.15, 0.2) is 36.9 Å². The van der Waals surface area contributed by atoms with Crippen LogP contribution in [0.3, 0.4) is 0 Å². The van der Waals surface area contributed by atoms with E-state index in [4.69, 9.17) is 5.11 Å². The van der Waals surface area contributed by atoms with Crippen molar-refractivity contribution in [3.05, 3.63) is 48.1 Å². The van der Waals surface area contributed by atoms with Crippen molar-refractivity contribution in [3.8, 4) is 11.1 Å². The zero-order valence-corrected chi connectivity index (χ0v) is 13.1. The van der Waals surface area contributed by atoms with Crippen LogP contribution in [0.2, 0.25) is 0 Å². The Hall–Kier alpha value is -2.56. The smallest absolute Gasteiger partial charge is 0.175 e. The molecule has 2 aromatic rings. The Morgan fingerprint density at radius 2 is 2.27 bits per heavy atom. The second kappa shape index (κ2) is 6.93. The van der Waals surface area contributed by atoms with Gasteiger partial charge in [0.2, 0.25) is 0 Å². The first-order chi connectivity index (χ1) is 10.5. The number of Topliss-reactive ketones (excluding diaryl/α,β-unsaturated/α-hetero) is 1. The van der Waals surface area contributed by atoms with E-state index >= 15 is 0 Å². The molecule has 0 spiro atoms. The quantitative estimate of drug-likeness (QED) is 0.559. The Bertz CT molecular complexity index is 689. The highest BCUT2D eigenvalue weighted by molar-refractivity contribution is 5.94. The van der Waals surface area contributed by atoms with E-state index in [1.807, 2.05) is 32.2 Å². The van der Waals surface area contributed by atoms with Gasteiger partial charge in [-0.05, 0) is 42.7 Å². The number of rotatable bonds is 6. The summed E-state index contributed by atoms with van der Waals surface area (Å²) < 4.78 is 0. The molecule has 0 aliphatic carbocycles. The molecule has 5 heteroatoms. The maximum Gasteiger partial charge on any atom is 0.175 e. The van der Waals surface area contributed by atoms with Gasteiger partial charge in [0.05, 0.1) is 12.0 Å². The van der Waals surface area contributed by atoms with E-state index in [0.29, 0.717) is 5.69 Å². The average Bonchev–Trinajstić information content (AvgIpc) is 2.98. The first-order valence-electron chi connectivity index (χ1n) is 7.29. The predicted octanol–water partition coefficient (Wildman–Crippen LogP) is 3.85. The van der Waals surface area contributed by atoms with Crippen LogP contribution in [0.1, 0.15) is 36.3 Å². The molecule has 0 aliphatic heterocycles. The van der Waals surface area contributed by atoms with Gasteiger partial charge in [-0.15, -0.1) is 0 Å². The first kappa shape index (κ1) is 15.8. The Morgan fingerprint density at radius 1 is 1.50 bits per heavy atom. The van der Waals surface area contributed by atoms with Crippen molar-refractivity contribution in [1.29, 1.82) is 0 Å². The van der Waals surface area contributed by atoms with Gasteiger partial charge in [0.1, 0.15) is 5.82 Å². The summed E-state index contributed by atoms with van der Waals surface area (Å²) in [5.74, 6) is 0.742. The van der Waals surface area contributed by atoms with Gasteiger partial charge in [-0.2, -0.15) is 0 Å². The molecule has 0 unspecified atom stereocenters. The Kier molecular flexibility index (Phi) is 4.99. The third kappa shape index (κ3) is 3.55. The molecule has 0 amide bonds. The standard InChI is InChI=1S/C17H21N3O2/c1-4-14(5-6-21)20-17-8-15(11(2)9-19-17)13-7-16(12(3)22)18-10-13/h5-10,14,18,21H,4H2,1-3H3,(H,19,20)/b6-5-/t14-/m0/s1. The molecule has 0 fully saturated rings. The number of ketones is 1. The third-order valence-corrected chi connectivity index (χ3v) is 3.57. The molecule has 2 heterocycles. The molecule has 0 aromatic carbocycles. The number of aryl methyl sites for hydroxylation is 1. The summed E-state index contributed by atoms with van der Waals surface area (Å²) in [5.41, 5.74) is 3.60. The number of aliphatic hydroxyl groups is 1. The van der Waals surface area contributed by atoms with Gasteiger partial charge in [-0.1, -0.05) is 6.92 Å². The van der Waals surface area contributed by atoms with Gasteiger partial charge in [-0.3, -0.25) is 4.79 Å². The summed E-state index contributed by atoms with van der Waals surface area (Å²) in [6.07, 6.45) is 7.19. The van der Waals surface area contributed by atoms with Crippen molar-refractivity contribution < 1.29 is 9.90 Å². The maximum atomic E-state index is 11.4.